The first-order valence-corrected chi connectivity index (χ1v) is 12.8. The van der Waals surface area contributed by atoms with E-state index < -0.39 is 0 Å². The van der Waals surface area contributed by atoms with Crippen LogP contribution in [0.15, 0.2) is 79.1 Å². The summed E-state index contributed by atoms with van der Waals surface area (Å²) in [6, 6.07) is 17.9. The number of nitrogens with zero attached hydrogens (tertiary/aromatic N) is 2. The molecule has 1 aromatic heterocycles. The lowest BCUT2D eigenvalue weighted by Gasteiger charge is -2.35. The maximum absolute atomic E-state index is 14.5. The third kappa shape index (κ3) is 7.79. The third-order valence-electron chi connectivity index (χ3n) is 6.39. The van der Waals surface area contributed by atoms with Crippen LogP contribution in [0.25, 0.3) is 0 Å². The van der Waals surface area contributed by atoms with Crippen LogP contribution in [-0.2, 0) is 24.4 Å². The van der Waals surface area contributed by atoms with Gasteiger partial charge in [-0.05, 0) is 49.1 Å². The van der Waals surface area contributed by atoms with E-state index in [2.05, 4.69) is 22.2 Å². The molecule has 1 fully saturated rings. The van der Waals surface area contributed by atoms with Crippen molar-refractivity contribution in [3.05, 3.63) is 102 Å². The standard InChI is InChI=1S/C30H35FN4O3/c1-21(2)34-26(17-28-30(36)35(12-11-32-28)19-22-7-5-4-6-8-22)14-24-13-25(31)16-27(15-24)38-20-23-9-10-29(37-3)33-18-23/h4-10,13,15-16,18,26,28,32,34H,1,11-12,14,17,19-20H2,2-3H3/t26-,28-/m0/s1. The molecule has 2 N–H and O–H groups in total. The zero-order valence-electron chi connectivity index (χ0n) is 22.0. The number of pyridine rings is 1. The van der Waals surface area contributed by atoms with E-state index in [-0.39, 0.29) is 30.4 Å². The Kier molecular flexibility index (Phi) is 9.32. The predicted molar refractivity (Wildman–Crippen MR) is 145 cm³/mol. The average molecular weight is 519 g/mol. The molecule has 0 bridgehead atoms. The second-order valence-corrected chi connectivity index (χ2v) is 9.61. The second-order valence-electron chi connectivity index (χ2n) is 9.61. The van der Waals surface area contributed by atoms with Crippen molar-refractivity contribution in [2.24, 2.45) is 0 Å². The number of piperazine rings is 1. The Labute approximate surface area is 223 Å². The van der Waals surface area contributed by atoms with E-state index in [1.165, 1.54) is 12.1 Å². The summed E-state index contributed by atoms with van der Waals surface area (Å²) in [7, 11) is 1.56. The summed E-state index contributed by atoms with van der Waals surface area (Å²) in [5, 5.41) is 6.75. The number of benzene rings is 2. The Hall–Kier alpha value is -3.91. The van der Waals surface area contributed by atoms with E-state index in [4.69, 9.17) is 9.47 Å². The maximum Gasteiger partial charge on any atom is 0.240 e. The smallest absolute Gasteiger partial charge is 0.240 e. The molecule has 8 heteroatoms. The van der Waals surface area contributed by atoms with Gasteiger partial charge in [0.15, 0.2) is 0 Å². The van der Waals surface area contributed by atoms with Crippen molar-refractivity contribution in [3.8, 4) is 11.6 Å². The highest BCUT2D eigenvalue weighted by Gasteiger charge is 2.30. The molecule has 0 aliphatic carbocycles. The topological polar surface area (TPSA) is 75.7 Å². The summed E-state index contributed by atoms with van der Waals surface area (Å²) in [4.78, 5) is 19.4. The molecule has 1 saturated heterocycles. The van der Waals surface area contributed by atoms with Crippen molar-refractivity contribution < 1.29 is 18.7 Å². The van der Waals surface area contributed by atoms with Gasteiger partial charge >= 0.3 is 0 Å². The first kappa shape index (κ1) is 27.1. The second kappa shape index (κ2) is 13.1. The van der Waals surface area contributed by atoms with Crippen molar-refractivity contribution in [3.63, 3.8) is 0 Å². The number of aromatic nitrogens is 1. The lowest BCUT2D eigenvalue weighted by Crippen LogP contribution is -2.56. The van der Waals surface area contributed by atoms with Crippen LogP contribution in [0.4, 0.5) is 4.39 Å². The Balaban J connectivity index is 1.41. The number of allylic oxidation sites excluding steroid dienone is 1. The van der Waals surface area contributed by atoms with Crippen molar-refractivity contribution in [1.82, 2.24) is 20.5 Å². The van der Waals surface area contributed by atoms with Crippen LogP contribution in [-0.4, -0.2) is 48.1 Å². The normalized spacial score (nSPS) is 16.1. The fraction of sp³-hybridized carbons (Fsp3) is 0.333. The van der Waals surface area contributed by atoms with Gasteiger partial charge in [0.2, 0.25) is 11.8 Å². The molecule has 0 unspecified atom stereocenters. The number of hydrogen-bond donors (Lipinski definition) is 2. The number of halogens is 1. The first-order chi connectivity index (χ1) is 18.4. The number of rotatable bonds is 12. The molecule has 1 amide bonds. The van der Waals surface area contributed by atoms with Crippen LogP contribution >= 0.6 is 0 Å². The minimum Gasteiger partial charge on any atom is -0.489 e. The van der Waals surface area contributed by atoms with Crippen LogP contribution in [0.5, 0.6) is 11.6 Å². The molecule has 0 saturated carbocycles. The van der Waals surface area contributed by atoms with Crippen LogP contribution in [0.3, 0.4) is 0 Å². The zero-order valence-corrected chi connectivity index (χ0v) is 22.0. The van der Waals surface area contributed by atoms with Gasteiger partial charge in [-0.25, -0.2) is 9.37 Å². The fourth-order valence-electron chi connectivity index (χ4n) is 4.65. The predicted octanol–water partition coefficient (Wildman–Crippen LogP) is 4.23. The van der Waals surface area contributed by atoms with E-state index in [1.807, 2.05) is 54.3 Å². The molecule has 200 valence electrons. The Bertz CT molecular complexity index is 1220. The molecule has 3 aromatic rings. The zero-order chi connectivity index (χ0) is 26.9. The van der Waals surface area contributed by atoms with Crippen molar-refractivity contribution in [2.45, 2.75) is 45.0 Å². The number of nitrogens with one attached hydrogen (secondary N) is 2. The van der Waals surface area contributed by atoms with Gasteiger partial charge in [-0.15, -0.1) is 0 Å². The largest absolute Gasteiger partial charge is 0.489 e. The molecule has 7 nitrogen and oxygen atoms in total. The summed E-state index contributed by atoms with van der Waals surface area (Å²) < 4.78 is 25.5. The fourth-order valence-corrected chi connectivity index (χ4v) is 4.65. The van der Waals surface area contributed by atoms with Crippen molar-refractivity contribution in [1.29, 1.82) is 0 Å². The highest BCUT2D eigenvalue weighted by molar-refractivity contribution is 5.82. The van der Waals surface area contributed by atoms with Crippen LogP contribution < -0.4 is 20.1 Å². The Morgan fingerprint density at radius 2 is 2.00 bits per heavy atom. The lowest BCUT2D eigenvalue weighted by atomic mass is 9.97. The summed E-state index contributed by atoms with van der Waals surface area (Å²) in [6.45, 7) is 8.10. The molecule has 2 atom stereocenters. The van der Waals surface area contributed by atoms with E-state index in [0.29, 0.717) is 37.6 Å². The number of carbonyl (C=O) groups is 1. The van der Waals surface area contributed by atoms with Gasteiger partial charge in [0, 0.05) is 55.3 Å². The number of amides is 1. The minimum atomic E-state index is -0.375. The molecule has 0 spiro atoms. The summed E-state index contributed by atoms with van der Waals surface area (Å²) >= 11 is 0. The van der Waals surface area contributed by atoms with E-state index in [0.717, 1.165) is 28.9 Å². The molecule has 4 rings (SSSR count). The summed E-state index contributed by atoms with van der Waals surface area (Å²) in [5.41, 5.74) is 3.52. The number of hydrogen-bond acceptors (Lipinski definition) is 6. The number of carbonyl (C=O) groups excluding carboxylic acids is 1. The molecular formula is C30H35FN4O3. The van der Waals surface area contributed by atoms with Crippen molar-refractivity contribution >= 4 is 5.91 Å². The highest BCUT2D eigenvalue weighted by Crippen LogP contribution is 2.21. The minimum absolute atomic E-state index is 0.0741. The molecule has 2 heterocycles. The van der Waals surface area contributed by atoms with Crippen LogP contribution in [0, 0.1) is 5.82 Å². The molecule has 1 aliphatic rings. The van der Waals surface area contributed by atoms with Gasteiger partial charge in [0.1, 0.15) is 18.2 Å². The molecule has 2 aromatic carbocycles. The third-order valence-corrected chi connectivity index (χ3v) is 6.39. The number of methoxy groups -OCH3 is 1. The number of ether oxygens (including phenoxy) is 2. The molecule has 1 aliphatic heterocycles. The van der Waals surface area contributed by atoms with Gasteiger partial charge < -0.3 is 25.0 Å². The van der Waals surface area contributed by atoms with Crippen molar-refractivity contribution in [2.75, 3.05) is 20.2 Å². The first-order valence-electron chi connectivity index (χ1n) is 12.8. The van der Waals surface area contributed by atoms with Gasteiger partial charge in [-0.1, -0.05) is 36.9 Å². The van der Waals surface area contributed by atoms with Crippen LogP contribution in [0.2, 0.25) is 0 Å². The molecular weight excluding hydrogens is 483 g/mol. The van der Waals surface area contributed by atoms with Gasteiger partial charge in [-0.3, -0.25) is 4.79 Å². The highest BCUT2D eigenvalue weighted by atomic mass is 19.1. The van der Waals surface area contributed by atoms with Gasteiger partial charge in [0.05, 0.1) is 13.2 Å². The van der Waals surface area contributed by atoms with Gasteiger partial charge in [0.25, 0.3) is 0 Å². The summed E-state index contributed by atoms with van der Waals surface area (Å²) in [5.74, 6) is 0.656. The SMILES string of the molecule is C=C(C)N[C@@H](Cc1cc(F)cc(OCc2ccc(OC)nc2)c1)C[C@@H]1NCCN(Cc2ccccc2)C1=O. The van der Waals surface area contributed by atoms with E-state index in [1.54, 1.807) is 19.4 Å². The van der Waals surface area contributed by atoms with Crippen LogP contribution in [0.1, 0.15) is 30.0 Å². The Morgan fingerprint density at radius 1 is 1.18 bits per heavy atom. The quantitative estimate of drug-likeness (QED) is 0.374. The maximum atomic E-state index is 14.5. The Morgan fingerprint density at radius 3 is 2.71 bits per heavy atom. The lowest BCUT2D eigenvalue weighted by molar-refractivity contribution is -0.136. The average Bonchev–Trinajstić information content (AvgIpc) is 2.90. The molecule has 38 heavy (non-hydrogen) atoms. The van der Waals surface area contributed by atoms with E-state index >= 15 is 0 Å². The molecule has 0 radical (unpaired) electrons. The monoisotopic (exact) mass is 518 g/mol. The van der Waals surface area contributed by atoms with Gasteiger partial charge in [-0.2, -0.15) is 0 Å². The van der Waals surface area contributed by atoms with E-state index in [9.17, 15) is 9.18 Å². The summed E-state index contributed by atoms with van der Waals surface area (Å²) in [6.07, 6.45) is 2.72.